The summed E-state index contributed by atoms with van der Waals surface area (Å²) in [5.74, 6) is -0.0616. The van der Waals surface area contributed by atoms with E-state index in [1.54, 1.807) is 0 Å². The lowest BCUT2D eigenvalue weighted by Crippen LogP contribution is -1.88. The van der Waals surface area contributed by atoms with Gasteiger partial charge in [0.25, 0.3) is 0 Å². The highest BCUT2D eigenvalue weighted by molar-refractivity contribution is 5.05. The molecule has 0 bridgehead atoms. The van der Waals surface area contributed by atoms with Gasteiger partial charge >= 0.3 is 0 Å². The zero-order valence-corrected chi connectivity index (χ0v) is 4.70. The minimum atomic E-state index is -0.0616. The summed E-state index contributed by atoms with van der Waals surface area (Å²) in [5.41, 5.74) is 0. The normalized spacial score (nSPS) is 8.89. The van der Waals surface area contributed by atoms with E-state index in [-0.39, 0.29) is 5.88 Å². The summed E-state index contributed by atoms with van der Waals surface area (Å²) < 4.78 is 0. The molecule has 0 aliphatic heterocycles. The molecule has 0 radical (unpaired) electrons. The minimum Gasteiger partial charge on any atom is -0.493 e. The largest absolute Gasteiger partial charge is 0.493 e. The lowest BCUT2D eigenvalue weighted by atomic mass is 10.5. The molecular weight excluding hydrogens is 116 g/mol. The van der Waals surface area contributed by atoms with Crippen LogP contribution in [0.1, 0.15) is 0 Å². The molecule has 2 N–H and O–H groups in total. The molecule has 0 spiro atoms. The Morgan fingerprint density at radius 3 is 2.89 bits per heavy atom. The van der Waals surface area contributed by atoms with Crippen LogP contribution in [-0.2, 0) is 0 Å². The Kier molecular flexibility index (Phi) is 1.44. The zero-order valence-electron chi connectivity index (χ0n) is 4.70. The summed E-state index contributed by atoms with van der Waals surface area (Å²) in [6.45, 7) is 0. The van der Waals surface area contributed by atoms with Gasteiger partial charge in [-0.3, -0.25) is 0 Å². The molecule has 3 heteroatoms. The van der Waals surface area contributed by atoms with E-state index in [1.807, 2.05) is 0 Å². The SMILES string of the molecule is N=c1ccnc(O)cc1. The van der Waals surface area contributed by atoms with E-state index in [2.05, 4.69) is 4.98 Å². The van der Waals surface area contributed by atoms with Crippen LogP contribution in [0.25, 0.3) is 0 Å². The van der Waals surface area contributed by atoms with E-state index < -0.39 is 0 Å². The van der Waals surface area contributed by atoms with Crippen molar-refractivity contribution in [3.8, 4) is 5.88 Å². The second-order valence-corrected chi connectivity index (χ2v) is 1.59. The van der Waals surface area contributed by atoms with E-state index in [4.69, 9.17) is 10.5 Å². The van der Waals surface area contributed by atoms with Gasteiger partial charge in [-0.15, -0.1) is 0 Å². The van der Waals surface area contributed by atoms with Gasteiger partial charge in [-0.2, -0.15) is 0 Å². The standard InChI is InChI=1S/C6H6N2O/c7-5-1-2-6(9)8-4-3-5/h1-4,7H,(H,8,9). The lowest BCUT2D eigenvalue weighted by molar-refractivity contribution is 0.454. The Morgan fingerprint density at radius 2 is 2.11 bits per heavy atom. The van der Waals surface area contributed by atoms with Gasteiger partial charge in [0.2, 0.25) is 5.88 Å². The van der Waals surface area contributed by atoms with Crippen molar-refractivity contribution in [3.05, 3.63) is 29.8 Å². The number of aromatic nitrogens is 1. The molecule has 9 heavy (non-hydrogen) atoms. The third-order valence-corrected chi connectivity index (χ3v) is 0.873. The van der Waals surface area contributed by atoms with Crippen LogP contribution in [-0.4, -0.2) is 10.1 Å². The smallest absolute Gasteiger partial charge is 0.210 e. The quantitative estimate of drug-likeness (QED) is 0.518. The van der Waals surface area contributed by atoms with Crippen LogP contribution in [0, 0.1) is 5.41 Å². The van der Waals surface area contributed by atoms with Crippen molar-refractivity contribution < 1.29 is 5.11 Å². The molecule has 0 amide bonds. The van der Waals surface area contributed by atoms with Gasteiger partial charge in [-0.05, 0) is 12.1 Å². The second kappa shape index (κ2) is 2.26. The fourth-order valence-corrected chi connectivity index (χ4v) is 0.457. The molecule has 46 valence electrons. The van der Waals surface area contributed by atoms with Crippen molar-refractivity contribution in [2.24, 2.45) is 0 Å². The Morgan fingerprint density at radius 1 is 1.33 bits per heavy atom. The summed E-state index contributed by atoms with van der Waals surface area (Å²) in [5, 5.41) is 16.1. The maximum Gasteiger partial charge on any atom is 0.210 e. The second-order valence-electron chi connectivity index (χ2n) is 1.59. The first-order valence-electron chi connectivity index (χ1n) is 2.49. The van der Waals surface area contributed by atoms with E-state index in [1.165, 1.54) is 24.4 Å². The van der Waals surface area contributed by atoms with Crippen LogP contribution in [0.2, 0.25) is 0 Å². The van der Waals surface area contributed by atoms with Crippen molar-refractivity contribution in [1.29, 1.82) is 5.41 Å². The maximum absolute atomic E-state index is 8.72. The average Bonchev–Trinajstić information content (AvgIpc) is 1.97. The third kappa shape index (κ3) is 1.53. The number of nitrogens with zero attached hydrogens (tertiary/aromatic N) is 1. The third-order valence-electron chi connectivity index (χ3n) is 0.873. The first kappa shape index (κ1) is 5.75. The molecule has 0 aliphatic carbocycles. The summed E-state index contributed by atoms with van der Waals surface area (Å²) in [6.07, 6.45) is 1.39. The molecule has 0 aliphatic rings. The van der Waals surface area contributed by atoms with Crippen LogP contribution in [0.3, 0.4) is 0 Å². The van der Waals surface area contributed by atoms with Crippen LogP contribution >= 0.6 is 0 Å². The average molecular weight is 122 g/mol. The van der Waals surface area contributed by atoms with Gasteiger partial charge in [0.05, 0.1) is 5.36 Å². The predicted molar refractivity (Wildman–Crippen MR) is 31.8 cm³/mol. The lowest BCUT2D eigenvalue weighted by Gasteiger charge is -1.74. The maximum atomic E-state index is 8.72. The van der Waals surface area contributed by atoms with Gasteiger partial charge in [-0.25, -0.2) is 4.98 Å². The van der Waals surface area contributed by atoms with Gasteiger partial charge < -0.3 is 10.5 Å². The van der Waals surface area contributed by atoms with E-state index in [9.17, 15) is 0 Å². The molecule has 1 heterocycles. The van der Waals surface area contributed by atoms with Crippen molar-refractivity contribution in [2.75, 3.05) is 0 Å². The molecule has 0 atom stereocenters. The van der Waals surface area contributed by atoms with Crippen LogP contribution in [0.4, 0.5) is 0 Å². The minimum absolute atomic E-state index is 0.0616. The highest BCUT2D eigenvalue weighted by atomic mass is 16.3. The number of nitrogens with one attached hydrogen (secondary N) is 1. The molecule has 0 fully saturated rings. The Hall–Kier alpha value is -1.38. The van der Waals surface area contributed by atoms with E-state index in [0.717, 1.165) is 0 Å². The van der Waals surface area contributed by atoms with Crippen LogP contribution in [0.5, 0.6) is 5.88 Å². The number of hydrogen-bond donors (Lipinski definition) is 2. The molecule has 0 unspecified atom stereocenters. The van der Waals surface area contributed by atoms with Crippen molar-refractivity contribution >= 4 is 0 Å². The zero-order chi connectivity index (χ0) is 6.69. The molecule has 0 saturated carbocycles. The molecule has 1 aromatic rings. The number of aromatic hydroxyl groups is 1. The summed E-state index contributed by atoms with van der Waals surface area (Å²) >= 11 is 0. The summed E-state index contributed by atoms with van der Waals surface area (Å²) in [4.78, 5) is 3.54. The van der Waals surface area contributed by atoms with E-state index >= 15 is 0 Å². The number of hydrogen-bond acceptors (Lipinski definition) is 3. The van der Waals surface area contributed by atoms with Gasteiger partial charge in [-0.1, -0.05) is 0 Å². The van der Waals surface area contributed by atoms with Crippen molar-refractivity contribution in [1.82, 2.24) is 4.98 Å². The Balaban J connectivity index is 3.33. The van der Waals surface area contributed by atoms with Crippen molar-refractivity contribution in [2.45, 2.75) is 0 Å². The van der Waals surface area contributed by atoms with Crippen LogP contribution in [0.15, 0.2) is 24.4 Å². The Bertz CT molecular complexity index is 259. The first-order valence-corrected chi connectivity index (χ1v) is 2.49. The topological polar surface area (TPSA) is 57.0 Å². The molecule has 1 aromatic heterocycles. The summed E-state index contributed by atoms with van der Waals surface area (Å²) in [7, 11) is 0. The predicted octanol–water partition coefficient (Wildman–Crippen LogP) is 0.267. The van der Waals surface area contributed by atoms with E-state index in [0.29, 0.717) is 5.36 Å². The fraction of sp³-hybridized carbons (Fsp3) is 0. The molecule has 1 rings (SSSR count). The van der Waals surface area contributed by atoms with Gasteiger partial charge in [0, 0.05) is 12.3 Å². The molecule has 0 aromatic carbocycles. The highest BCUT2D eigenvalue weighted by Gasteiger charge is 1.78. The monoisotopic (exact) mass is 122 g/mol. The van der Waals surface area contributed by atoms with Gasteiger partial charge in [0.15, 0.2) is 0 Å². The molecule has 3 nitrogen and oxygen atoms in total. The Labute approximate surface area is 52.1 Å². The molecular formula is C6H6N2O. The van der Waals surface area contributed by atoms with Crippen LogP contribution < -0.4 is 5.36 Å². The fourth-order valence-electron chi connectivity index (χ4n) is 0.457. The summed E-state index contributed by atoms with van der Waals surface area (Å²) in [6, 6.07) is 4.35. The number of rotatable bonds is 0. The van der Waals surface area contributed by atoms with Crippen molar-refractivity contribution in [3.63, 3.8) is 0 Å². The van der Waals surface area contributed by atoms with Gasteiger partial charge in [0.1, 0.15) is 0 Å². The molecule has 0 saturated heterocycles. The highest BCUT2D eigenvalue weighted by Crippen LogP contribution is 1.93. The first-order chi connectivity index (χ1) is 4.29.